The van der Waals surface area contributed by atoms with Crippen molar-refractivity contribution in [3.63, 3.8) is 0 Å². The number of carbonyl (C=O) groups is 1. The first kappa shape index (κ1) is 15.4. The highest BCUT2D eigenvalue weighted by Gasteiger charge is 2.29. The Bertz CT molecular complexity index is 365. The van der Waals surface area contributed by atoms with Crippen molar-refractivity contribution in [3.05, 3.63) is 0 Å². The quantitative estimate of drug-likeness (QED) is 0.593. The van der Waals surface area contributed by atoms with E-state index in [0.717, 1.165) is 12.8 Å². The highest BCUT2D eigenvalue weighted by Crippen LogP contribution is 2.28. The minimum Gasteiger partial charge on any atom is -0.385 e. The second-order valence-electron chi connectivity index (χ2n) is 4.57. The number of amides is 1. The molecule has 0 aromatic carbocycles. The third-order valence-electron chi connectivity index (χ3n) is 2.83. The molecule has 0 saturated heterocycles. The molecule has 0 heterocycles. The van der Waals surface area contributed by atoms with Crippen molar-refractivity contribution in [2.75, 3.05) is 39.6 Å². The van der Waals surface area contributed by atoms with E-state index in [9.17, 15) is 13.2 Å². The monoisotopic (exact) mass is 278 g/mol. The molecule has 0 aromatic heterocycles. The molecule has 0 aromatic rings. The minimum absolute atomic E-state index is 0.0420. The fourth-order valence-corrected chi connectivity index (χ4v) is 2.51. The number of rotatable bonds is 9. The summed E-state index contributed by atoms with van der Waals surface area (Å²) < 4.78 is 29.3. The molecule has 1 saturated carbocycles. The van der Waals surface area contributed by atoms with Gasteiger partial charge in [0.1, 0.15) is 0 Å². The number of nitrogens with one attached hydrogen (secondary N) is 1. The van der Waals surface area contributed by atoms with Crippen molar-refractivity contribution in [1.82, 2.24) is 9.62 Å². The van der Waals surface area contributed by atoms with Crippen LogP contribution in [0, 0.1) is 5.92 Å². The molecule has 18 heavy (non-hydrogen) atoms. The maximum Gasteiger partial charge on any atom is 0.223 e. The van der Waals surface area contributed by atoms with E-state index in [0.29, 0.717) is 32.7 Å². The van der Waals surface area contributed by atoms with Gasteiger partial charge in [0.15, 0.2) is 0 Å². The van der Waals surface area contributed by atoms with Gasteiger partial charge in [-0.2, -0.15) is 0 Å². The zero-order chi connectivity index (χ0) is 13.6. The number of sulfonamides is 1. The van der Waals surface area contributed by atoms with Crippen molar-refractivity contribution >= 4 is 15.9 Å². The van der Waals surface area contributed by atoms with Crippen LogP contribution in [-0.2, 0) is 19.6 Å². The molecule has 1 rings (SSSR count). The Morgan fingerprint density at radius 3 is 2.56 bits per heavy atom. The van der Waals surface area contributed by atoms with Crippen LogP contribution in [0.1, 0.15) is 19.3 Å². The summed E-state index contributed by atoms with van der Waals surface area (Å²) >= 11 is 0. The number of ether oxygens (including phenoxy) is 1. The van der Waals surface area contributed by atoms with Gasteiger partial charge < -0.3 is 10.1 Å². The normalized spacial score (nSPS) is 15.9. The van der Waals surface area contributed by atoms with Crippen molar-refractivity contribution < 1.29 is 17.9 Å². The van der Waals surface area contributed by atoms with E-state index < -0.39 is 10.0 Å². The Kier molecular flexibility index (Phi) is 6.04. The molecule has 0 radical (unpaired) electrons. The summed E-state index contributed by atoms with van der Waals surface area (Å²) in [4.78, 5) is 11.4. The number of carbonyl (C=O) groups excluding carboxylic acids is 1. The second kappa shape index (κ2) is 7.06. The summed E-state index contributed by atoms with van der Waals surface area (Å²) in [6.45, 7) is 1.64. The first-order valence-electron chi connectivity index (χ1n) is 6.17. The van der Waals surface area contributed by atoms with E-state index in [2.05, 4.69) is 5.32 Å². The maximum absolute atomic E-state index is 11.5. The topological polar surface area (TPSA) is 75.7 Å². The minimum atomic E-state index is -3.22. The van der Waals surface area contributed by atoms with E-state index in [1.54, 1.807) is 7.11 Å². The predicted molar refractivity (Wildman–Crippen MR) is 68.6 cm³/mol. The standard InChI is InChI=1S/C11H22N2O4S/c1-17-9-3-7-13(18(2,15)16)8-6-12-11(14)10-4-5-10/h10H,3-9H2,1-2H3,(H,12,14). The Balaban J connectivity index is 2.28. The van der Waals surface area contributed by atoms with Gasteiger partial charge in [-0.05, 0) is 19.3 Å². The summed E-state index contributed by atoms with van der Waals surface area (Å²) in [6, 6.07) is 0. The lowest BCUT2D eigenvalue weighted by atomic mass is 10.4. The molecule has 0 aliphatic heterocycles. The molecule has 0 atom stereocenters. The summed E-state index contributed by atoms with van der Waals surface area (Å²) in [5, 5.41) is 2.76. The first-order chi connectivity index (χ1) is 8.45. The molecule has 1 fully saturated rings. The van der Waals surface area contributed by atoms with Crippen molar-refractivity contribution in [3.8, 4) is 0 Å². The van der Waals surface area contributed by atoms with Crippen molar-refractivity contribution in [2.24, 2.45) is 5.92 Å². The molecule has 7 heteroatoms. The maximum atomic E-state index is 11.5. The van der Waals surface area contributed by atoms with Crippen LogP contribution in [0.5, 0.6) is 0 Å². The molecular formula is C11H22N2O4S. The lowest BCUT2D eigenvalue weighted by Crippen LogP contribution is -2.39. The van der Waals surface area contributed by atoms with Crippen LogP contribution in [0.3, 0.4) is 0 Å². The van der Waals surface area contributed by atoms with Crippen LogP contribution in [0.15, 0.2) is 0 Å². The molecule has 1 N–H and O–H groups in total. The van der Waals surface area contributed by atoms with E-state index in [4.69, 9.17) is 4.74 Å². The van der Waals surface area contributed by atoms with Crippen LogP contribution in [0.4, 0.5) is 0 Å². The summed E-state index contributed by atoms with van der Waals surface area (Å²) in [7, 11) is -1.64. The highest BCUT2D eigenvalue weighted by molar-refractivity contribution is 7.88. The van der Waals surface area contributed by atoms with Gasteiger partial charge in [0.05, 0.1) is 6.26 Å². The molecule has 1 amide bonds. The molecule has 1 aliphatic carbocycles. The number of methoxy groups -OCH3 is 1. The van der Waals surface area contributed by atoms with Gasteiger partial charge in [0.2, 0.25) is 15.9 Å². The van der Waals surface area contributed by atoms with Crippen molar-refractivity contribution in [1.29, 1.82) is 0 Å². The fourth-order valence-electron chi connectivity index (χ4n) is 1.62. The average Bonchev–Trinajstić information content (AvgIpc) is 3.09. The van der Waals surface area contributed by atoms with Gasteiger partial charge in [0, 0.05) is 39.3 Å². The summed E-state index contributed by atoms with van der Waals surface area (Å²) in [5.41, 5.74) is 0. The summed E-state index contributed by atoms with van der Waals surface area (Å²) in [5.74, 6) is 0.200. The Hall–Kier alpha value is -0.660. The molecule has 0 unspecified atom stereocenters. The van der Waals surface area contributed by atoms with Crippen LogP contribution in [0.2, 0.25) is 0 Å². The van der Waals surface area contributed by atoms with Gasteiger partial charge in [-0.25, -0.2) is 12.7 Å². The Morgan fingerprint density at radius 2 is 2.06 bits per heavy atom. The molecular weight excluding hydrogens is 256 g/mol. The Morgan fingerprint density at radius 1 is 1.39 bits per heavy atom. The summed E-state index contributed by atoms with van der Waals surface area (Å²) in [6.07, 6.45) is 3.74. The SMILES string of the molecule is COCCCN(CCNC(=O)C1CC1)S(C)(=O)=O. The zero-order valence-corrected chi connectivity index (χ0v) is 11.8. The average molecular weight is 278 g/mol. The lowest BCUT2D eigenvalue weighted by molar-refractivity contribution is -0.122. The molecule has 0 spiro atoms. The third-order valence-corrected chi connectivity index (χ3v) is 4.14. The third kappa shape index (κ3) is 5.79. The lowest BCUT2D eigenvalue weighted by Gasteiger charge is -2.19. The van der Waals surface area contributed by atoms with E-state index in [-0.39, 0.29) is 11.8 Å². The molecule has 6 nitrogen and oxygen atoms in total. The van der Waals surface area contributed by atoms with Gasteiger partial charge >= 0.3 is 0 Å². The van der Waals surface area contributed by atoms with E-state index >= 15 is 0 Å². The van der Waals surface area contributed by atoms with Crippen LogP contribution >= 0.6 is 0 Å². The number of hydrogen-bond donors (Lipinski definition) is 1. The largest absolute Gasteiger partial charge is 0.385 e. The van der Waals surface area contributed by atoms with Gasteiger partial charge in [-0.3, -0.25) is 4.79 Å². The molecule has 0 bridgehead atoms. The fraction of sp³-hybridized carbons (Fsp3) is 0.909. The molecule has 106 valence electrons. The highest BCUT2D eigenvalue weighted by atomic mass is 32.2. The van der Waals surface area contributed by atoms with Gasteiger partial charge in [-0.1, -0.05) is 0 Å². The van der Waals surface area contributed by atoms with Crippen molar-refractivity contribution in [2.45, 2.75) is 19.3 Å². The Labute approximate surface area is 109 Å². The second-order valence-corrected chi connectivity index (χ2v) is 6.56. The van der Waals surface area contributed by atoms with E-state index in [1.807, 2.05) is 0 Å². The predicted octanol–water partition coefficient (Wildman–Crippen LogP) is -0.189. The number of hydrogen-bond acceptors (Lipinski definition) is 4. The van der Waals surface area contributed by atoms with Crippen LogP contribution in [-0.4, -0.2) is 58.2 Å². The van der Waals surface area contributed by atoms with E-state index in [1.165, 1.54) is 10.6 Å². The van der Waals surface area contributed by atoms with Gasteiger partial charge in [0.25, 0.3) is 0 Å². The van der Waals surface area contributed by atoms with Gasteiger partial charge in [-0.15, -0.1) is 0 Å². The van der Waals surface area contributed by atoms with Crippen LogP contribution in [0.25, 0.3) is 0 Å². The zero-order valence-electron chi connectivity index (χ0n) is 11.0. The first-order valence-corrected chi connectivity index (χ1v) is 8.01. The van der Waals surface area contributed by atoms with Crippen LogP contribution < -0.4 is 5.32 Å². The smallest absolute Gasteiger partial charge is 0.223 e. The molecule has 1 aliphatic rings. The number of nitrogens with zero attached hydrogens (tertiary/aromatic N) is 1.